The van der Waals surface area contributed by atoms with E-state index >= 15 is 0 Å². The molecule has 0 aromatic rings. The van der Waals surface area contributed by atoms with E-state index in [0.717, 1.165) is 5.92 Å². The molecule has 54 valence electrons. The lowest BCUT2D eigenvalue weighted by Crippen LogP contribution is -2.41. The Labute approximate surface area is 57.8 Å². The third kappa shape index (κ3) is 1.11. The molecule has 0 aromatic heterocycles. The Kier molecular flexibility index (Phi) is 1.80. The van der Waals surface area contributed by atoms with E-state index in [0.29, 0.717) is 5.54 Å². The first kappa shape index (κ1) is 7.07. The molecular formula is C8H17N. The third-order valence-corrected chi connectivity index (χ3v) is 2.99. The fourth-order valence-electron chi connectivity index (χ4n) is 1.71. The lowest BCUT2D eigenvalue weighted by molar-refractivity contribution is 0.308. The Morgan fingerprint density at radius 1 is 1.56 bits per heavy atom. The second kappa shape index (κ2) is 2.30. The minimum absolute atomic E-state index is 0.444. The van der Waals surface area contributed by atoms with Crippen LogP contribution in [0.2, 0.25) is 0 Å². The maximum Gasteiger partial charge on any atom is 0.0175 e. The van der Waals surface area contributed by atoms with E-state index in [1.165, 1.54) is 19.3 Å². The molecule has 0 aliphatic heterocycles. The van der Waals surface area contributed by atoms with Gasteiger partial charge in [0, 0.05) is 5.54 Å². The van der Waals surface area contributed by atoms with Crippen LogP contribution >= 0.6 is 0 Å². The lowest BCUT2D eigenvalue weighted by atomic mass is 9.91. The zero-order valence-electron chi connectivity index (χ0n) is 6.70. The molecule has 0 heterocycles. The van der Waals surface area contributed by atoms with E-state index in [1.54, 1.807) is 0 Å². The first-order chi connectivity index (χ1) is 4.19. The summed E-state index contributed by atoms with van der Waals surface area (Å²) in [6.07, 6.45) is 4.15. The number of hydrogen-bond donors (Lipinski definition) is 1. The van der Waals surface area contributed by atoms with Crippen molar-refractivity contribution in [3.8, 4) is 0 Å². The maximum atomic E-state index is 3.39. The highest BCUT2D eigenvalue weighted by Gasteiger charge is 2.33. The summed E-state index contributed by atoms with van der Waals surface area (Å²) in [5.41, 5.74) is 0.444. The van der Waals surface area contributed by atoms with E-state index in [2.05, 4.69) is 26.2 Å². The van der Waals surface area contributed by atoms with E-state index < -0.39 is 0 Å². The largest absolute Gasteiger partial charge is 0.314 e. The van der Waals surface area contributed by atoms with Crippen LogP contribution in [0.3, 0.4) is 0 Å². The molecule has 1 nitrogen and oxygen atoms in total. The molecule has 9 heavy (non-hydrogen) atoms. The molecule has 0 saturated heterocycles. The Morgan fingerprint density at radius 2 is 2.22 bits per heavy atom. The molecule has 0 aromatic carbocycles. The molecular weight excluding hydrogens is 110 g/mol. The van der Waals surface area contributed by atoms with Crippen molar-refractivity contribution < 1.29 is 0 Å². The standard InChI is InChI=1S/C8H17N/c1-7-5-4-6-8(7,2)9-3/h7,9H,4-6H2,1-3H3. The van der Waals surface area contributed by atoms with Gasteiger partial charge in [0.1, 0.15) is 0 Å². The quantitative estimate of drug-likeness (QED) is 0.566. The molecule has 1 saturated carbocycles. The minimum atomic E-state index is 0.444. The molecule has 1 aliphatic carbocycles. The minimum Gasteiger partial charge on any atom is -0.314 e. The summed E-state index contributed by atoms with van der Waals surface area (Å²) in [6.45, 7) is 4.66. The SMILES string of the molecule is CNC1(C)CCCC1C. The summed E-state index contributed by atoms with van der Waals surface area (Å²) in [6, 6.07) is 0. The molecule has 0 radical (unpaired) electrons. The number of hydrogen-bond acceptors (Lipinski definition) is 1. The highest BCUT2D eigenvalue weighted by Crippen LogP contribution is 2.34. The van der Waals surface area contributed by atoms with Crippen LogP contribution in [-0.4, -0.2) is 12.6 Å². The molecule has 0 amide bonds. The van der Waals surface area contributed by atoms with Gasteiger partial charge in [0.2, 0.25) is 0 Å². The predicted octanol–water partition coefficient (Wildman–Crippen LogP) is 1.78. The van der Waals surface area contributed by atoms with Gasteiger partial charge in [-0.2, -0.15) is 0 Å². The zero-order chi connectivity index (χ0) is 6.91. The second-order valence-electron chi connectivity index (χ2n) is 3.46. The first-order valence-electron chi connectivity index (χ1n) is 3.88. The average Bonchev–Trinajstić information content (AvgIpc) is 2.15. The van der Waals surface area contributed by atoms with E-state index in [-0.39, 0.29) is 0 Å². The van der Waals surface area contributed by atoms with Gasteiger partial charge in [-0.3, -0.25) is 0 Å². The summed E-state index contributed by atoms with van der Waals surface area (Å²) in [5.74, 6) is 0.863. The van der Waals surface area contributed by atoms with Crippen LogP contribution in [0.4, 0.5) is 0 Å². The predicted molar refractivity (Wildman–Crippen MR) is 40.5 cm³/mol. The number of nitrogens with one attached hydrogen (secondary N) is 1. The third-order valence-electron chi connectivity index (χ3n) is 2.99. The molecule has 0 bridgehead atoms. The Morgan fingerprint density at radius 3 is 2.44 bits per heavy atom. The Bertz CT molecular complexity index is 101. The molecule has 1 aliphatic rings. The van der Waals surface area contributed by atoms with Crippen molar-refractivity contribution in [3.63, 3.8) is 0 Å². The van der Waals surface area contributed by atoms with E-state index in [9.17, 15) is 0 Å². The first-order valence-corrected chi connectivity index (χ1v) is 3.88. The molecule has 1 rings (SSSR count). The van der Waals surface area contributed by atoms with Gasteiger partial charge in [-0.05, 0) is 32.7 Å². The van der Waals surface area contributed by atoms with Gasteiger partial charge in [-0.1, -0.05) is 13.3 Å². The highest BCUT2D eigenvalue weighted by molar-refractivity contribution is 4.92. The van der Waals surface area contributed by atoms with Gasteiger partial charge in [0.05, 0.1) is 0 Å². The molecule has 2 unspecified atom stereocenters. The lowest BCUT2D eigenvalue weighted by Gasteiger charge is -2.28. The molecule has 1 N–H and O–H groups in total. The summed E-state index contributed by atoms with van der Waals surface area (Å²) < 4.78 is 0. The van der Waals surface area contributed by atoms with Gasteiger partial charge in [0.15, 0.2) is 0 Å². The second-order valence-corrected chi connectivity index (χ2v) is 3.46. The van der Waals surface area contributed by atoms with Crippen molar-refractivity contribution in [2.45, 2.75) is 38.6 Å². The zero-order valence-corrected chi connectivity index (χ0v) is 6.70. The molecule has 0 spiro atoms. The average molecular weight is 127 g/mol. The van der Waals surface area contributed by atoms with Crippen molar-refractivity contribution >= 4 is 0 Å². The van der Waals surface area contributed by atoms with Crippen LogP contribution in [-0.2, 0) is 0 Å². The van der Waals surface area contributed by atoms with Crippen molar-refractivity contribution in [1.29, 1.82) is 0 Å². The fraction of sp³-hybridized carbons (Fsp3) is 1.00. The Balaban J connectivity index is 2.56. The summed E-state index contributed by atoms with van der Waals surface area (Å²) >= 11 is 0. The smallest absolute Gasteiger partial charge is 0.0175 e. The topological polar surface area (TPSA) is 12.0 Å². The van der Waals surface area contributed by atoms with Crippen LogP contribution in [0.25, 0.3) is 0 Å². The Hall–Kier alpha value is -0.0400. The highest BCUT2D eigenvalue weighted by atomic mass is 14.9. The maximum absolute atomic E-state index is 3.39. The normalized spacial score (nSPS) is 43.7. The van der Waals surface area contributed by atoms with Crippen LogP contribution in [0.1, 0.15) is 33.1 Å². The fourth-order valence-corrected chi connectivity index (χ4v) is 1.71. The van der Waals surface area contributed by atoms with Crippen molar-refractivity contribution in [2.75, 3.05) is 7.05 Å². The van der Waals surface area contributed by atoms with Crippen LogP contribution < -0.4 is 5.32 Å². The van der Waals surface area contributed by atoms with Gasteiger partial charge in [-0.25, -0.2) is 0 Å². The van der Waals surface area contributed by atoms with E-state index in [4.69, 9.17) is 0 Å². The van der Waals surface area contributed by atoms with Crippen molar-refractivity contribution in [1.82, 2.24) is 5.32 Å². The van der Waals surface area contributed by atoms with E-state index in [1.807, 2.05) is 0 Å². The van der Waals surface area contributed by atoms with Gasteiger partial charge in [0.25, 0.3) is 0 Å². The van der Waals surface area contributed by atoms with Gasteiger partial charge < -0.3 is 5.32 Å². The number of rotatable bonds is 1. The monoisotopic (exact) mass is 127 g/mol. The summed E-state index contributed by atoms with van der Waals surface area (Å²) in [4.78, 5) is 0. The molecule has 1 fully saturated rings. The van der Waals surface area contributed by atoms with Crippen molar-refractivity contribution in [3.05, 3.63) is 0 Å². The van der Waals surface area contributed by atoms with Crippen LogP contribution in [0.5, 0.6) is 0 Å². The van der Waals surface area contributed by atoms with Crippen molar-refractivity contribution in [2.24, 2.45) is 5.92 Å². The van der Waals surface area contributed by atoms with Crippen LogP contribution in [0, 0.1) is 5.92 Å². The molecule has 2 atom stereocenters. The van der Waals surface area contributed by atoms with Gasteiger partial charge >= 0.3 is 0 Å². The van der Waals surface area contributed by atoms with Gasteiger partial charge in [-0.15, -0.1) is 0 Å². The van der Waals surface area contributed by atoms with Crippen LogP contribution in [0.15, 0.2) is 0 Å². The summed E-state index contributed by atoms with van der Waals surface area (Å²) in [5, 5.41) is 3.39. The molecule has 1 heteroatoms. The summed E-state index contributed by atoms with van der Waals surface area (Å²) in [7, 11) is 2.07.